The summed E-state index contributed by atoms with van der Waals surface area (Å²) >= 11 is 0. The van der Waals surface area contributed by atoms with E-state index >= 15 is 0 Å². The number of nitrogens with zero attached hydrogens (tertiary/aromatic N) is 1. The van der Waals surface area contributed by atoms with Crippen molar-refractivity contribution >= 4 is 22.8 Å². The number of hydrogen-bond donors (Lipinski definition) is 3. The molecular weight excluding hydrogens is 301 g/mol. The number of carbonyl (C=O) groups excluding carboxylic acids is 2. The standard InChI is InChI=1S/C13H13F3N4O2/c1-7-19-9-4-2-3-8(10(9)20-7)11(21)17-5-6-18-12(22)13(14,15)16/h2-4H,5-6H2,1H3,(H,17,21)(H,18,22)(H,19,20). The summed E-state index contributed by atoms with van der Waals surface area (Å²) in [5.74, 6) is -1.86. The van der Waals surface area contributed by atoms with Crippen molar-refractivity contribution in [1.82, 2.24) is 20.6 Å². The molecule has 3 N–H and O–H groups in total. The summed E-state index contributed by atoms with van der Waals surface area (Å²) in [5.41, 5.74) is 1.48. The second kappa shape index (κ2) is 6.04. The van der Waals surface area contributed by atoms with Gasteiger partial charge in [-0.2, -0.15) is 13.2 Å². The van der Waals surface area contributed by atoms with Gasteiger partial charge in [0.15, 0.2) is 0 Å². The molecule has 9 heteroatoms. The fourth-order valence-corrected chi connectivity index (χ4v) is 1.89. The molecule has 2 rings (SSSR count). The molecule has 0 radical (unpaired) electrons. The number of para-hydroxylation sites is 1. The number of aromatic amines is 1. The third-order valence-electron chi connectivity index (χ3n) is 2.83. The highest BCUT2D eigenvalue weighted by atomic mass is 19.4. The second-order valence-electron chi connectivity index (χ2n) is 4.53. The number of aryl methyl sites for hydroxylation is 1. The van der Waals surface area contributed by atoms with Crippen LogP contribution in [-0.2, 0) is 4.79 Å². The first-order valence-corrected chi connectivity index (χ1v) is 6.37. The number of aromatic nitrogens is 2. The number of rotatable bonds is 4. The molecule has 0 fully saturated rings. The first kappa shape index (κ1) is 15.8. The third-order valence-corrected chi connectivity index (χ3v) is 2.83. The van der Waals surface area contributed by atoms with Crippen molar-refractivity contribution < 1.29 is 22.8 Å². The van der Waals surface area contributed by atoms with Gasteiger partial charge in [-0.1, -0.05) is 6.07 Å². The van der Waals surface area contributed by atoms with Gasteiger partial charge < -0.3 is 15.6 Å². The first-order valence-electron chi connectivity index (χ1n) is 6.37. The highest BCUT2D eigenvalue weighted by Crippen LogP contribution is 2.16. The average molecular weight is 314 g/mol. The van der Waals surface area contributed by atoms with Crippen molar-refractivity contribution in [3.05, 3.63) is 29.6 Å². The fraction of sp³-hybridized carbons (Fsp3) is 0.308. The van der Waals surface area contributed by atoms with E-state index in [-0.39, 0.29) is 13.1 Å². The lowest BCUT2D eigenvalue weighted by Crippen LogP contribution is -2.41. The number of amides is 2. The van der Waals surface area contributed by atoms with E-state index < -0.39 is 18.0 Å². The Kier molecular flexibility index (Phi) is 4.34. The molecular formula is C13H13F3N4O2. The van der Waals surface area contributed by atoms with Crippen molar-refractivity contribution in [2.24, 2.45) is 0 Å². The van der Waals surface area contributed by atoms with Crippen LogP contribution in [0.1, 0.15) is 16.2 Å². The van der Waals surface area contributed by atoms with E-state index in [1.807, 2.05) is 0 Å². The van der Waals surface area contributed by atoms with Crippen LogP contribution in [0.5, 0.6) is 0 Å². The molecule has 0 saturated heterocycles. The molecule has 0 aliphatic heterocycles. The van der Waals surface area contributed by atoms with Crippen molar-refractivity contribution in [3.8, 4) is 0 Å². The summed E-state index contributed by atoms with van der Waals surface area (Å²) in [7, 11) is 0. The zero-order valence-electron chi connectivity index (χ0n) is 11.5. The van der Waals surface area contributed by atoms with Crippen molar-refractivity contribution in [3.63, 3.8) is 0 Å². The number of imidazole rings is 1. The molecule has 0 unspecified atom stereocenters. The molecule has 6 nitrogen and oxygen atoms in total. The molecule has 2 aromatic rings. The minimum atomic E-state index is -4.93. The highest BCUT2D eigenvalue weighted by Gasteiger charge is 2.38. The van der Waals surface area contributed by atoms with E-state index in [9.17, 15) is 22.8 Å². The number of alkyl halides is 3. The Labute approximate surface area is 123 Å². The molecule has 0 spiro atoms. The number of nitrogens with one attached hydrogen (secondary N) is 3. The van der Waals surface area contributed by atoms with Crippen LogP contribution >= 0.6 is 0 Å². The van der Waals surface area contributed by atoms with Gasteiger partial charge in [-0.3, -0.25) is 9.59 Å². The van der Waals surface area contributed by atoms with Crippen LogP contribution in [-0.4, -0.2) is 41.0 Å². The summed E-state index contributed by atoms with van der Waals surface area (Å²) in [6, 6.07) is 4.99. The van der Waals surface area contributed by atoms with Gasteiger partial charge in [-0.15, -0.1) is 0 Å². The molecule has 0 aliphatic rings. The van der Waals surface area contributed by atoms with E-state index in [4.69, 9.17) is 0 Å². The van der Waals surface area contributed by atoms with Crippen LogP contribution in [0.25, 0.3) is 11.0 Å². The molecule has 0 bridgehead atoms. The molecule has 0 aliphatic carbocycles. The minimum absolute atomic E-state index is 0.125. The maximum Gasteiger partial charge on any atom is 0.471 e. The maximum atomic E-state index is 12.0. The van der Waals surface area contributed by atoms with Gasteiger partial charge in [0.05, 0.1) is 11.1 Å². The van der Waals surface area contributed by atoms with Crippen LogP contribution in [0, 0.1) is 6.92 Å². The summed E-state index contributed by atoms with van der Waals surface area (Å²) < 4.78 is 35.9. The monoisotopic (exact) mass is 314 g/mol. The van der Waals surface area contributed by atoms with Crippen LogP contribution in [0.4, 0.5) is 13.2 Å². The first-order chi connectivity index (χ1) is 10.3. The Bertz CT molecular complexity index is 709. The molecule has 1 heterocycles. The normalized spacial score (nSPS) is 11.5. The predicted molar refractivity (Wildman–Crippen MR) is 72.2 cm³/mol. The lowest BCUT2D eigenvalue weighted by Gasteiger charge is -2.09. The van der Waals surface area contributed by atoms with E-state index in [0.717, 1.165) is 0 Å². The smallest absolute Gasteiger partial charge is 0.350 e. The molecule has 2 amide bonds. The predicted octanol–water partition coefficient (Wildman–Crippen LogP) is 1.28. The quantitative estimate of drug-likeness (QED) is 0.743. The van der Waals surface area contributed by atoms with Crippen LogP contribution in [0.15, 0.2) is 18.2 Å². The van der Waals surface area contributed by atoms with E-state index in [0.29, 0.717) is 22.4 Å². The molecule has 22 heavy (non-hydrogen) atoms. The van der Waals surface area contributed by atoms with Crippen LogP contribution in [0.3, 0.4) is 0 Å². The Morgan fingerprint density at radius 1 is 1.23 bits per heavy atom. The molecule has 0 saturated carbocycles. The van der Waals surface area contributed by atoms with Crippen LogP contribution < -0.4 is 10.6 Å². The number of halogens is 3. The van der Waals surface area contributed by atoms with Gasteiger partial charge in [0, 0.05) is 13.1 Å². The topological polar surface area (TPSA) is 86.9 Å². The van der Waals surface area contributed by atoms with E-state index in [1.54, 1.807) is 30.4 Å². The van der Waals surface area contributed by atoms with Gasteiger partial charge in [-0.05, 0) is 19.1 Å². The van der Waals surface area contributed by atoms with E-state index in [2.05, 4.69) is 15.3 Å². The minimum Gasteiger partial charge on any atom is -0.350 e. The molecule has 1 aromatic carbocycles. The number of H-pyrrole nitrogens is 1. The van der Waals surface area contributed by atoms with Gasteiger partial charge in [-0.25, -0.2) is 4.98 Å². The highest BCUT2D eigenvalue weighted by molar-refractivity contribution is 6.04. The molecule has 0 atom stereocenters. The Hall–Kier alpha value is -2.58. The lowest BCUT2D eigenvalue weighted by molar-refractivity contribution is -0.173. The summed E-state index contributed by atoms with van der Waals surface area (Å²) in [4.78, 5) is 29.8. The maximum absolute atomic E-state index is 12.0. The number of benzene rings is 1. The number of fused-ring (bicyclic) bond motifs is 1. The Morgan fingerprint density at radius 2 is 1.91 bits per heavy atom. The molecule has 1 aromatic heterocycles. The molecule has 118 valence electrons. The van der Waals surface area contributed by atoms with Crippen molar-refractivity contribution in [2.45, 2.75) is 13.1 Å². The summed E-state index contributed by atoms with van der Waals surface area (Å²) in [6.07, 6.45) is -4.93. The van der Waals surface area contributed by atoms with Crippen LogP contribution in [0.2, 0.25) is 0 Å². The lowest BCUT2D eigenvalue weighted by atomic mass is 10.1. The van der Waals surface area contributed by atoms with Crippen molar-refractivity contribution in [1.29, 1.82) is 0 Å². The van der Waals surface area contributed by atoms with Gasteiger partial charge in [0.25, 0.3) is 5.91 Å². The average Bonchev–Trinajstić information content (AvgIpc) is 2.81. The van der Waals surface area contributed by atoms with E-state index in [1.165, 1.54) is 0 Å². The zero-order chi connectivity index (χ0) is 16.3. The Morgan fingerprint density at radius 3 is 2.59 bits per heavy atom. The third kappa shape index (κ3) is 3.54. The van der Waals surface area contributed by atoms with Gasteiger partial charge in [0.2, 0.25) is 0 Å². The summed E-state index contributed by atoms with van der Waals surface area (Å²) in [6.45, 7) is 1.30. The number of hydrogen-bond acceptors (Lipinski definition) is 3. The van der Waals surface area contributed by atoms with Crippen molar-refractivity contribution in [2.75, 3.05) is 13.1 Å². The Balaban J connectivity index is 1.93. The number of carbonyl (C=O) groups is 2. The summed E-state index contributed by atoms with van der Waals surface area (Å²) in [5, 5.41) is 4.10. The van der Waals surface area contributed by atoms with Gasteiger partial charge >= 0.3 is 12.1 Å². The largest absolute Gasteiger partial charge is 0.471 e. The SMILES string of the molecule is Cc1nc2c(C(=O)NCCNC(=O)C(F)(F)F)cccc2[nH]1. The fourth-order valence-electron chi connectivity index (χ4n) is 1.89. The second-order valence-corrected chi connectivity index (χ2v) is 4.53. The zero-order valence-corrected chi connectivity index (χ0v) is 11.5. The van der Waals surface area contributed by atoms with Gasteiger partial charge in [0.1, 0.15) is 11.3 Å².